The van der Waals surface area contributed by atoms with Crippen molar-refractivity contribution in [3.05, 3.63) is 29.3 Å². The van der Waals surface area contributed by atoms with Crippen LogP contribution < -0.4 is 4.90 Å². The van der Waals surface area contributed by atoms with Gasteiger partial charge >= 0.3 is 0 Å². The zero-order valence-corrected chi connectivity index (χ0v) is 17.5. The van der Waals surface area contributed by atoms with E-state index in [0.717, 1.165) is 68.6 Å². The van der Waals surface area contributed by atoms with Gasteiger partial charge in [-0.15, -0.1) is 0 Å². The maximum Gasteiger partial charge on any atom is 0.172 e. The van der Waals surface area contributed by atoms with Crippen molar-refractivity contribution in [1.29, 1.82) is 0 Å². The number of aromatic nitrogens is 2. The first-order valence-corrected chi connectivity index (χ1v) is 10.2. The van der Waals surface area contributed by atoms with Crippen molar-refractivity contribution < 1.29 is 23.3 Å². The maximum atomic E-state index is 5.56. The molecule has 3 heterocycles. The molecule has 1 saturated heterocycles. The van der Waals surface area contributed by atoms with Crippen molar-refractivity contribution in [3.63, 3.8) is 0 Å². The van der Waals surface area contributed by atoms with Crippen LogP contribution in [0.4, 0.5) is 5.82 Å². The fraction of sp³-hybridized carbons (Fsp3) is 0.700. The number of nitrogens with zero attached hydrogens (tertiary/aromatic N) is 4. The molecule has 0 unspecified atom stereocenters. The van der Waals surface area contributed by atoms with E-state index < -0.39 is 0 Å². The number of piperazine rings is 1. The maximum absolute atomic E-state index is 5.56. The molecule has 0 bridgehead atoms. The van der Waals surface area contributed by atoms with E-state index in [1.54, 1.807) is 7.11 Å². The predicted octanol–water partition coefficient (Wildman–Crippen LogP) is 1.56. The lowest BCUT2D eigenvalue weighted by Crippen LogP contribution is -2.47. The number of hydrogen-bond acceptors (Lipinski definition) is 9. The van der Waals surface area contributed by atoms with E-state index in [1.165, 1.54) is 0 Å². The lowest BCUT2D eigenvalue weighted by Gasteiger charge is -2.34. The molecule has 3 rings (SSSR count). The molecule has 0 aliphatic carbocycles. The highest BCUT2D eigenvalue weighted by Crippen LogP contribution is 2.16. The SMILES string of the molecule is COCCOCCOCCc1cc(CCN2CCN(c3cc(C)on3)CC2)on1. The van der Waals surface area contributed by atoms with Crippen LogP contribution in [-0.2, 0) is 27.1 Å². The smallest absolute Gasteiger partial charge is 0.172 e. The van der Waals surface area contributed by atoms with Crippen molar-refractivity contribution >= 4 is 5.82 Å². The minimum atomic E-state index is 0.578. The van der Waals surface area contributed by atoms with E-state index in [-0.39, 0.29) is 0 Å². The second kappa shape index (κ2) is 11.9. The van der Waals surface area contributed by atoms with E-state index in [0.29, 0.717) is 33.0 Å². The summed E-state index contributed by atoms with van der Waals surface area (Å²) in [5.74, 6) is 2.72. The Labute approximate surface area is 171 Å². The Morgan fingerprint density at radius 2 is 1.66 bits per heavy atom. The van der Waals surface area contributed by atoms with Crippen LogP contribution in [0, 0.1) is 6.92 Å². The van der Waals surface area contributed by atoms with Crippen LogP contribution in [0.2, 0.25) is 0 Å². The number of hydrogen-bond donors (Lipinski definition) is 0. The molecule has 2 aromatic heterocycles. The summed E-state index contributed by atoms with van der Waals surface area (Å²) >= 11 is 0. The number of aryl methyl sites for hydroxylation is 1. The van der Waals surface area contributed by atoms with E-state index in [2.05, 4.69) is 20.1 Å². The van der Waals surface area contributed by atoms with Gasteiger partial charge in [0.05, 0.1) is 38.7 Å². The first-order chi connectivity index (χ1) is 14.2. The molecule has 0 spiro atoms. The molecule has 9 nitrogen and oxygen atoms in total. The zero-order valence-electron chi connectivity index (χ0n) is 17.5. The van der Waals surface area contributed by atoms with E-state index in [4.69, 9.17) is 23.3 Å². The predicted molar refractivity (Wildman–Crippen MR) is 107 cm³/mol. The highest BCUT2D eigenvalue weighted by molar-refractivity contribution is 5.38. The lowest BCUT2D eigenvalue weighted by molar-refractivity contribution is 0.0253. The third-order valence-corrected chi connectivity index (χ3v) is 4.90. The molecule has 1 fully saturated rings. The summed E-state index contributed by atoms with van der Waals surface area (Å²) in [6.45, 7) is 9.80. The summed E-state index contributed by atoms with van der Waals surface area (Å²) in [6, 6.07) is 4.02. The molecule has 0 amide bonds. The Hall–Kier alpha value is -1.94. The molecule has 9 heteroatoms. The lowest BCUT2D eigenvalue weighted by atomic mass is 10.2. The third kappa shape index (κ3) is 7.43. The Bertz CT molecular complexity index is 697. The number of anilines is 1. The summed E-state index contributed by atoms with van der Waals surface area (Å²) in [5.41, 5.74) is 0.937. The first kappa shape index (κ1) is 21.8. The van der Waals surface area contributed by atoms with Gasteiger partial charge in [0.25, 0.3) is 0 Å². The summed E-state index contributed by atoms with van der Waals surface area (Å²) in [6.07, 6.45) is 1.61. The van der Waals surface area contributed by atoms with Gasteiger partial charge in [-0.3, -0.25) is 4.90 Å². The molecule has 29 heavy (non-hydrogen) atoms. The van der Waals surface area contributed by atoms with Gasteiger partial charge in [-0.1, -0.05) is 10.3 Å². The second-order valence-corrected chi connectivity index (χ2v) is 7.13. The Balaban J connectivity index is 1.26. The molecule has 1 aliphatic heterocycles. The van der Waals surface area contributed by atoms with Crippen LogP contribution in [0.25, 0.3) is 0 Å². The summed E-state index contributed by atoms with van der Waals surface area (Å²) in [7, 11) is 1.66. The van der Waals surface area contributed by atoms with Gasteiger partial charge in [0.2, 0.25) is 0 Å². The van der Waals surface area contributed by atoms with E-state index in [9.17, 15) is 0 Å². The highest BCUT2D eigenvalue weighted by Gasteiger charge is 2.19. The Morgan fingerprint density at radius 1 is 0.897 bits per heavy atom. The van der Waals surface area contributed by atoms with Gasteiger partial charge < -0.3 is 28.2 Å². The largest absolute Gasteiger partial charge is 0.382 e. The minimum absolute atomic E-state index is 0.578. The first-order valence-electron chi connectivity index (χ1n) is 10.2. The van der Waals surface area contributed by atoms with Crippen LogP contribution in [0.15, 0.2) is 21.2 Å². The topological polar surface area (TPSA) is 86.2 Å². The number of rotatable bonds is 13. The van der Waals surface area contributed by atoms with E-state index in [1.807, 2.05) is 19.1 Å². The monoisotopic (exact) mass is 408 g/mol. The normalized spacial score (nSPS) is 15.3. The van der Waals surface area contributed by atoms with Crippen molar-refractivity contribution in [2.24, 2.45) is 0 Å². The van der Waals surface area contributed by atoms with Crippen molar-refractivity contribution in [1.82, 2.24) is 15.2 Å². The van der Waals surface area contributed by atoms with Gasteiger partial charge in [-0.2, -0.15) is 0 Å². The van der Waals surface area contributed by atoms with Crippen molar-refractivity contribution in [2.75, 3.05) is 77.8 Å². The second-order valence-electron chi connectivity index (χ2n) is 7.13. The molecule has 0 aromatic carbocycles. The number of ether oxygens (including phenoxy) is 3. The van der Waals surface area contributed by atoms with E-state index >= 15 is 0 Å². The fourth-order valence-corrected chi connectivity index (χ4v) is 3.20. The quantitative estimate of drug-likeness (QED) is 0.458. The fourth-order valence-electron chi connectivity index (χ4n) is 3.20. The average Bonchev–Trinajstić information content (AvgIpc) is 3.38. The molecular formula is C20H32N4O5. The van der Waals surface area contributed by atoms with Crippen LogP contribution in [-0.4, -0.2) is 88.1 Å². The standard InChI is InChI=1S/C20H32N4O5/c1-17-15-20(22-28-17)24-8-6-23(7-9-24)5-3-19-16-18(21-29-19)4-10-26-13-14-27-12-11-25-2/h15-16H,3-14H2,1-2H3. The van der Waals surface area contributed by atoms with Gasteiger partial charge in [-0.25, -0.2) is 0 Å². The molecule has 0 radical (unpaired) electrons. The van der Waals surface area contributed by atoms with Crippen LogP contribution in [0.3, 0.4) is 0 Å². The van der Waals surface area contributed by atoms with Gasteiger partial charge in [0.1, 0.15) is 11.5 Å². The molecular weight excluding hydrogens is 376 g/mol. The van der Waals surface area contributed by atoms with Crippen LogP contribution >= 0.6 is 0 Å². The summed E-state index contributed by atoms with van der Waals surface area (Å²) in [5, 5.41) is 8.24. The average molecular weight is 408 g/mol. The van der Waals surface area contributed by atoms with Crippen LogP contribution in [0.1, 0.15) is 17.2 Å². The highest BCUT2D eigenvalue weighted by atomic mass is 16.5. The molecule has 2 aromatic rings. The molecule has 0 saturated carbocycles. The van der Waals surface area contributed by atoms with Gasteiger partial charge in [-0.05, 0) is 6.92 Å². The van der Waals surface area contributed by atoms with Crippen molar-refractivity contribution in [2.45, 2.75) is 19.8 Å². The minimum Gasteiger partial charge on any atom is -0.382 e. The Kier molecular flexibility index (Phi) is 8.94. The summed E-state index contributed by atoms with van der Waals surface area (Å²) in [4.78, 5) is 4.71. The van der Waals surface area contributed by atoms with Gasteiger partial charge in [0.15, 0.2) is 5.82 Å². The molecule has 0 atom stereocenters. The van der Waals surface area contributed by atoms with Crippen LogP contribution in [0.5, 0.6) is 0 Å². The zero-order chi connectivity index (χ0) is 20.3. The van der Waals surface area contributed by atoms with Gasteiger partial charge in [0, 0.05) is 64.8 Å². The molecule has 162 valence electrons. The molecule has 0 N–H and O–H groups in total. The Morgan fingerprint density at radius 3 is 2.38 bits per heavy atom. The molecule has 1 aliphatic rings. The number of methoxy groups -OCH3 is 1. The third-order valence-electron chi connectivity index (χ3n) is 4.90. The van der Waals surface area contributed by atoms with Crippen molar-refractivity contribution in [3.8, 4) is 0 Å². The summed E-state index contributed by atoms with van der Waals surface area (Å²) < 4.78 is 26.5.